The molecule has 0 bridgehead atoms. The van der Waals surface area contributed by atoms with E-state index in [0.717, 1.165) is 15.4 Å². The molecule has 0 aromatic heterocycles. The Hall–Kier alpha value is -2.38. The molecule has 0 aliphatic carbocycles. The number of sulfonamides is 1. The molecule has 3 aromatic carbocycles. The van der Waals surface area contributed by atoms with E-state index in [4.69, 9.17) is 23.2 Å². The Bertz CT molecular complexity index is 1230. The predicted octanol–water partition coefficient (Wildman–Crippen LogP) is 6.25. The molecule has 0 unspecified atom stereocenters. The number of nitrogens with zero attached hydrogens (tertiary/aromatic N) is 1. The lowest BCUT2D eigenvalue weighted by Crippen LogP contribution is -2.37. The maximum absolute atomic E-state index is 13.4. The van der Waals surface area contributed by atoms with Crippen LogP contribution in [0.5, 0.6) is 0 Å². The first-order valence-electron chi connectivity index (χ1n) is 10.5. The standard InChI is InChI=1S/C25H26Cl2N2O3S/c1-17(2)19-7-10-22(11-8-19)28-25(30)16-29(15-20-6-9-21(26)14-24(20)27)33(31,32)23-12-4-18(3)5-13-23/h4-14,17H,15-16H2,1-3H3,(H,28,30). The molecule has 0 fully saturated rings. The second-order valence-electron chi connectivity index (χ2n) is 8.15. The normalized spacial score (nSPS) is 11.7. The van der Waals surface area contributed by atoms with E-state index in [2.05, 4.69) is 19.2 Å². The molecule has 5 nitrogen and oxygen atoms in total. The van der Waals surface area contributed by atoms with E-state index in [9.17, 15) is 13.2 Å². The third kappa shape index (κ3) is 6.58. The molecule has 0 heterocycles. The van der Waals surface area contributed by atoms with E-state index >= 15 is 0 Å². The average Bonchev–Trinajstić information content (AvgIpc) is 2.75. The van der Waals surface area contributed by atoms with Crippen LogP contribution in [0.2, 0.25) is 10.0 Å². The monoisotopic (exact) mass is 504 g/mol. The van der Waals surface area contributed by atoms with Gasteiger partial charge in [-0.1, -0.05) is 72.9 Å². The number of nitrogens with one attached hydrogen (secondary N) is 1. The van der Waals surface area contributed by atoms with Crippen molar-refractivity contribution < 1.29 is 13.2 Å². The second-order valence-corrected chi connectivity index (χ2v) is 10.9. The minimum absolute atomic E-state index is 0.0775. The van der Waals surface area contributed by atoms with Crippen LogP contribution in [-0.2, 0) is 21.4 Å². The van der Waals surface area contributed by atoms with Crippen LogP contribution in [0.4, 0.5) is 5.69 Å². The highest BCUT2D eigenvalue weighted by molar-refractivity contribution is 7.89. The van der Waals surface area contributed by atoms with Crippen LogP contribution in [0.1, 0.15) is 36.5 Å². The summed E-state index contributed by atoms with van der Waals surface area (Å²) in [6.07, 6.45) is 0. The van der Waals surface area contributed by atoms with Gasteiger partial charge >= 0.3 is 0 Å². The fraction of sp³-hybridized carbons (Fsp3) is 0.240. The molecule has 1 amide bonds. The number of amides is 1. The fourth-order valence-electron chi connectivity index (χ4n) is 3.24. The van der Waals surface area contributed by atoms with Crippen LogP contribution in [-0.4, -0.2) is 25.2 Å². The summed E-state index contributed by atoms with van der Waals surface area (Å²) in [4.78, 5) is 12.9. The van der Waals surface area contributed by atoms with Gasteiger partial charge in [0.25, 0.3) is 0 Å². The van der Waals surface area contributed by atoms with Crippen LogP contribution in [0.3, 0.4) is 0 Å². The van der Waals surface area contributed by atoms with Crippen LogP contribution in [0.15, 0.2) is 71.6 Å². The topological polar surface area (TPSA) is 66.5 Å². The van der Waals surface area contributed by atoms with Crippen LogP contribution >= 0.6 is 23.2 Å². The lowest BCUT2D eigenvalue weighted by Gasteiger charge is -2.23. The lowest BCUT2D eigenvalue weighted by molar-refractivity contribution is -0.116. The summed E-state index contributed by atoms with van der Waals surface area (Å²) in [5.74, 6) is -0.0814. The van der Waals surface area contributed by atoms with E-state index in [1.807, 2.05) is 31.2 Å². The van der Waals surface area contributed by atoms with Crippen LogP contribution < -0.4 is 5.32 Å². The largest absolute Gasteiger partial charge is 0.325 e. The molecule has 0 aliphatic heterocycles. The minimum atomic E-state index is -3.97. The average molecular weight is 505 g/mol. The Kier molecular flexibility index (Phi) is 8.19. The Balaban J connectivity index is 1.87. The van der Waals surface area contributed by atoms with Crippen LogP contribution in [0, 0.1) is 6.92 Å². The molecule has 174 valence electrons. The summed E-state index contributed by atoms with van der Waals surface area (Å²) in [5.41, 5.74) is 3.23. The molecule has 3 aromatic rings. The predicted molar refractivity (Wildman–Crippen MR) is 134 cm³/mol. The molecule has 0 saturated carbocycles. The third-order valence-corrected chi connectivity index (χ3v) is 7.59. The Morgan fingerprint density at radius 1 is 0.970 bits per heavy atom. The second kappa shape index (κ2) is 10.7. The van der Waals surface area contributed by atoms with Crippen molar-refractivity contribution in [1.29, 1.82) is 0 Å². The summed E-state index contributed by atoms with van der Waals surface area (Å²) < 4.78 is 27.9. The quantitative estimate of drug-likeness (QED) is 0.393. The first-order valence-corrected chi connectivity index (χ1v) is 12.7. The number of rotatable bonds is 8. The van der Waals surface area contributed by atoms with Crippen molar-refractivity contribution in [2.45, 2.75) is 38.1 Å². The third-order valence-electron chi connectivity index (χ3n) is 5.20. The molecular formula is C25H26Cl2N2O3S. The smallest absolute Gasteiger partial charge is 0.243 e. The van der Waals surface area contributed by atoms with Gasteiger partial charge in [0, 0.05) is 22.3 Å². The first-order chi connectivity index (χ1) is 15.6. The van der Waals surface area contributed by atoms with Crippen molar-refractivity contribution in [3.63, 3.8) is 0 Å². The molecular weight excluding hydrogens is 479 g/mol. The van der Waals surface area contributed by atoms with Gasteiger partial charge in [-0.2, -0.15) is 4.31 Å². The SMILES string of the molecule is Cc1ccc(S(=O)(=O)N(CC(=O)Nc2ccc(C(C)C)cc2)Cc2ccc(Cl)cc2Cl)cc1. The number of benzene rings is 3. The van der Waals surface area contributed by atoms with E-state index < -0.39 is 15.9 Å². The van der Waals surface area contributed by atoms with Gasteiger partial charge in [0.05, 0.1) is 11.4 Å². The van der Waals surface area contributed by atoms with E-state index in [0.29, 0.717) is 27.2 Å². The van der Waals surface area contributed by atoms with Gasteiger partial charge in [-0.3, -0.25) is 4.79 Å². The number of hydrogen-bond donors (Lipinski definition) is 1. The molecule has 0 radical (unpaired) electrons. The van der Waals surface area contributed by atoms with Crippen molar-refractivity contribution in [2.24, 2.45) is 0 Å². The minimum Gasteiger partial charge on any atom is -0.325 e. The van der Waals surface area contributed by atoms with Crippen molar-refractivity contribution >= 4 is 44.8 Å². The van der Waals surface area contributed by atoms with E-state index in [-0.39, 0.29) is 18.0 Å². The summed E-state index contributed by atoms with van der Waals surface area (Å²) in [7, 11) is -3.97. The molecule has 8 heteroatoms. The summed E-state index contributed by atoms with van der Waals surface area (Å²) in [6.45, 7) is 5.60. The lowest BCUT2D eigenvalue weighted by atomic mass is 10.0. The summed E-state index contributed by atoms with van der Waals surface area (Å²) in [6, 6.07) is 18.8. The van der Waals surface area contributed by atoms with Crippen molar-refractivity contribution in [2.75, 3.05) is 11.9 Å². The van der Waals surface area contributed by atoms with Crippen molar-refractivity contribution in [3.05, 3.63) is 93.5 Å². The van der Waals surface area contributed by atoms with Gasteiger partial charge in [0.1, 0.15) is 0 Å². The van der Waals surface area contributed by atoms with E-state index in [1.54, 1.807) is 30.3 Å². The highest BCUT2D eigenvalue weighted by atomic mass is 35.5. The zero-order valence-electron chi connectivity index (χ0n) is 18.7. The zero-order chi connectivity index (χ0) is 24.2. The highest BCUT2D eigenvalue weighted by Crippen LogP contribution is 2.25. The maximum atomic E-state index is 13.4. The number of aryl methyl sites for hydroxylation is 1. The maximum Gasteiger partial charge on any atom is 0.243 e. The Morgan fingerprint density at radius 2 is 1.61 bits per heavy atom. The number of carbonyl (C=O) groups is 1. The molecule has 3 rings (SSSR count). The van der Waals surface area contributed by atoms with Gasteiger partial charge < -0.3 is 5.32 Å². The van der Waals surface area contributed by atoms with Gasteiger partial charge in [-0.05, 0) is 60.4 Å². The molecule has 0 aliphatic rings. The number of carbonyl (C=O) groups excluding carboxylic acids is 1. The van der Waals surface area contributed by atoms with Crippen LogP contribution in [0.25, 0.3) is 0 Å². The van der Waals surface area contributed by atoms with Crippen molar-refractivity contribution in [3.8, 4) is 0 Å². The number of hydrogen-bond acceptors (Lipinski definition) is 3. The number of halogens is 2. The summed E-state index contributed by atoms with van der Waals surface area (Å²) in [5, 5.41) is 3.56. The zero-order valence-corrected chi connectivity index (χ0v) is 21.0. The molecule has 1 N–H and O–H groups in total. The Morgan fingerprint density at radius 3 is 2.18 bits per heavy atom. The van der Waals surface area contributed by atoms with Gasteiger partial charge in [0.15, 0.2) is 0 Å². The first kappa shape index (κ1) is 25.2. The fourth-order valence-corrected chi connectivity index (χ4v) is 5.08. The molecule has 0 saturated heterocycles. The molecule has 33 heavy (non-hydrogen) atoms. The van der Waals surface area contributed by atoms with Crippen molar-refractivity contribution in [1.82, 2.24) is 4.31 Å². The van der Waals surface area contributed by atoms with E-state index in [1.165, 1.54) is 12.1 Å². The summed E-state index contributed by atoms with van der Waals surface area (Å²) >= 11 is 12.3. The Labute approximate surface area is 205 Å². The van der Waals surface area contributed by atoms with Gasteiger partial charge in [0.2, 0.25) is 15.9 Å². The highest BCUT2D eigenvalue weighted by Gasteiger charge is 2.27. The van der Waals surface area contributed by atoms with Gasteiger partial charge in [-0.25, -0.2) is 8.42 Å². The number of anilines is 1. The van der Waals surface area contributed by atoms with Gasteiger partial charge in [-0.15, -0.1) is 0 Å². The molecule has 0 spiro atoms. The molecule has 0 atom stereocenters.